The summed E-state index contributed by atoms with van der Waals surface area (Å²) in [6.45, 7) is 14.6. The van der Waals surface area contributed by atoms with Crippen LogP contribution in [-0.2, 0) is 9.53 Å². The quantitative estimate of drug-likeness (QED) is 0.0849. The van der Waals surface area contributed by atoms with Crippen LogP contribution in [0.5, 0.6) is 0 Å². The number of aliphatic hydroxyl groups excluding tert-OH is 1. The normalized spacial score (nSPS) is 21.5. The minimum atomic E-state index is -1.18. The third-order valence-corrected chi connectivity index (χ3v) is 9.17. The molecular formula is C36H63O6-. The molecule has 42 heavy (non-hydrogen) atoms. The monoisotopic (exact) mass is 591 g/mol. The predicted octanol–water partition coefficient (Wildman–Crippen LogP) is 7.31. The second kappa shape index (κ2) is 19.6. The average molecular weight is 592 g/mol. The van der Waals surface area contributed by atoms with Crippen LogP contribution in [0.2, 0.25) is 0 Å². The lowest BCUT2D eigenvalue weighted by molar-refractivity contribution is -0.299. The van der Waals surface area contributed by atoms with E-state index in [0.29, 0.717) is 38.0 Å². The summed E-state index contributed by atoms with van der Waals surface area (Å²) >= 11 is 0. The summed E-state index contributed by atoms with van der Waals surface area (Å²) in [5, 5.41) is 43.0. The Balaban J connectivity index is 2.43. The van der Waals surface area contributed by atoms with Crippen molar-refractivity contribution in [2.24, 2.45) is 11.8 Å². The molecule has 3 N–H and O–H groups in total. The molecule has 0 fully saturated rings. The van der Waals surface area contributed by atoms with Crippen molar-refractivity contribution >= 4 is 5.97 Å². The summed E-state index contributed by atoms with van der Waals surface area (Å²) in [6.07, 6.45) is 18.0. The Hall–Kier alpha value is -1.63. The van der Waals surface area contributed by atoms with E-state index in [-0.39, 0.29) is 11.5 Å². The third kappa shape index (κ3) is 15.7. The van der Waals surface area contributed by atoms with Gasteiger partial charge in [0.25, 0.3) is 0 Å². The fraction of sp³-hybridized carbons (Fsp3) is 0.806. The largest absolute Gasteiger partial charge is 0.545 e. The van der Waals surface area contributed by atoms with Gasteiger partial charge in [-0.3, -0.25) is 0 Å². The molecule has 0 aromatic rings. The number of rotatable bonds is 23. The summed E-state index contributed by atoms with van der Waals surface area (Å²) in [7, 11) is 0. The Morgan fingerprint density at radius 1 is 1.00 bits per heavy atom. The highest BCUT2D eigenvalue weighted by Gasteiger charge is 2.27. The molecule has 5 atom stereocenters. The minimum Gasteiger partial charge on any atom is -0.545 e. The van der Waals surface area contributed by atoms with Gasteiger partial charge in [0.1, 0.15) is 5.76 Å². The molecular weight excluding hydrogens is 528 g/mol. The zero-order valence-corrected chi connectivity index (χ0v) is 28.0. The second-order valence-corrected chi connectivity index (χ2v) is 13.7. The molecule has 0 saturated carbocycles. The van der Waals surface area contributed by atoms with Crippen LogP contribution in [0.15, 0.2) is 34.6 Å². The number of aliphatic carboxylic acids is 1. The SMILES string of the molecule is CCCCCCCCOC1=C(C)C(C)C(O)C=C1CCC(C)CCCC(C)(O)CCCC(C)(O)CC/C=C(\C)C(=O)[O-]. The van der Waals surface area contributed by atoms with Gasteiger partial charge in [-0.15, -0.1) is 0 Å². The maximum absolute atomic E-state index is 10.9. The average Bonchev–Trinajstić information content (AvgIpc) is 2.90. The van der Waals surface area contributed by atoms with E-state index < -0.39 is 23.3 Å². The van der Waals surface area contributed by atoms with Crippen LogP contribution in [0.1, 0.15) is 151 Å². The van der Waals surface area contributed by atoms with E-state index in [0.717, 1.165) is 62.0 Å². The van der Waals surface area contributed by atoms with Crippen molar-refractivity contribution in [3.63, 3.8) is 0 Å². The minimum absolute atomic E-state index is 0.0761. The standard InChI is InChI=1S/C36H64O6/c1-8-9-10-11-12-13-25-42-33-30(5)29(4)32(37)26-31(33)20-19-27(2)17-14-21-35(6,40)23-16-24-36(7,41)22-15-18-28(3)34(38)39/h18,26-27,29,32,37,40-41H,8-17,19-25H2,1-7H3,(H,38,39)/p-1/b28-18+. The molecule has 0 radical (unpaired) electrons. The molecule has 6 heteroatoms. The van der Waals surface area contributed by atoms with Gasteiger partial charge < -0.3 is 30.0 Å². The molecule has 0 aromatic heterocycles. The van der Waals surface area contributed by atoms with E-state index in [2.05, 4.69) is 27.7 Å². The molecule has 0 spiro atoms. The Morgan fingerprint density at radius 2 is 1.60 bits per heavy atom. The van der Waals surface area contributed by atoms with Crippen molar-refractivity contribution in [2.45, 2.75) is 169 Å². The van der Waals surface area contributed by atoms with Crippen LogP contribution in [0.4, 0.5) is 0 Å². The van der Waals surface area contributed by atoms with Gasteiger partial charge >= 0.3 is 0 Å². The first-order valence-electron chi connectivity index (χ1n) is 16.7. The van der Waals surface area contributed by atoms with Crippen molar-refractivity contribution < 1.29 is 30.0 Å². The summed E-state index contributed by atoms with van der Waals surface area (Å²) in [4.78, 5) is 10.8. The first-order chi connectivity index (χ1) is 19.7. The van der Waals surface area contributed by atoms with Gasteiger partial charge in [0.2, 0.25) is 0 Å². The van der Waals surface area contributed by atoms with Gasteiger partial charge in [-0.05, 0) is 114 Å². The molecule has 0 heterocycles. The van der Waals surface area contributed by atoms with Crippen LogP contribution in [0.25, 0.3) is 0 Å². The van der Waals surface area contributed by atoms with Crippen LogP contribution in [-0.4, -0.2) is 45.2 Å². The molecule has 0 bridgehead atoms. The third-order valence-electron chi connectivity index (χ3n) is 9.17. The summed E-state index contributed by atoms with van der Waals surface area (Å²) < 4.78 is 6.31. The van der Waals surface area contributed by atoms with Gasteiger partial charge in [0.05, 0.1) is 29.9 Å². The van der Waals surface area contributed by atoms with E-state index in [9.17, 15) is 25.2 Å². The predicted molar refractivity (Wildman–Crippen MR) is 171 cm³/mol. The highest BCUT2D eigenvalue weighted by atomic mass is 16.5. The van der Waals surface area contributed by atoms with Gasteiger partial charge in [0, 0.05) is 5.92 Å². The fourth-order valence-corrected chi connectivity index (χ4v) is 5.76. The molecule has 1 rings (SSSR count). The molecule has 0 aromatic carbocycles. The van der Waals surface area contributed by atoms with Crippen molar-refractivity contribution in [1.82, 2.24) is 0 Å². The number of carbonyl (C=O) groups is 1. The number of allylic oxidation sites excluding steroid dienone is 2. The molecule has 0 saturated heterocycles. The van der Waals surface area contributed by atoms with Crippen molar-refractivity contribution in [3.8, 4) is 0 Å². The van der Waals surface area contributed by atoms with E-state index in [1.54, 1.807) is 13.0 Å². The smallest absolute Gasteiger partial charge is 0.121 e. The number of unbranched alkanes of at least 4 members (excludes halogenated alkanes) is 5. The highest BCUT2D eigenvalue weighted by Crippen LogP contribution is 2.35. The van der Waals surface area contributed by atoms with E-state index in [1.807, 2.05) is 13.0 Å². The lowest BCUT2D eigenvalue weighted by Crippen LogP contribution is -2.28. The Morgan fingerprint density at radius 3 is 2.24 bits per heavy atom. The van der Waals surface area contributed by atoms with Crippen molar-refractivity contribution in [2.75, 3.05) is 6.61 Å². The number of hydrogen-bond donors (Lipinski definition) is 3. The topological polar surface area (TPSA) is 110 Å². The Labute approximate surface area is 257 Å². The van der Waals surface area contributed by atoms with E-state index >= 15 is 0 Å². The molecule has 6 nitrogen and oxygen atoms in total. The molecule has 1 aliphatic carbocycles. The van der Waals surface area contributed by atoms with Crippen LogP contribution < -0.4 is 5.11 Å². The second-order valence-electron chi connectivity index (χ2n) is 13.7. The Bertz CT molecular complexity index is 881. The molecule has 5 unspecified atom stereocenters. The first kappa shape index (κ1) is 38.4. The van der Waals surface area contributed by atoms with Crippen molar-refractivity contribution in [1.29, 1.82) is 0 Å². The number of hydrogen-bond acceptors (Lipinski definition) is 6. The summed E-state index contributed by atoms with van der Waals surface area (Å²) in [6, 6.07) is 0. The number of carbonyl (C=O) groups excluding carboxylic acids is 1. The molecule has 244 valence electrons. The Kier molecular flexibility index (Phi) is 17.9. The molecule has 0 aliphatic heterocycles. The first-order valence-corrected chi connectivity index (χ1v) is 16.7. The van der Waals surface area contributed by atoms with Crippen LogP contribution in [0.3, 0.4) is 0 Å². The number of aliphatic hydroxyl groups is 3. The van der Waals surface area contributed by atoms with Crippen LogP contribution >= 0.6 is 0 Å². The number of carboxylic acid groups (broad SMARTS) is 1. The van der Waals surface area contributed by atoms with Gasteiger partial charge in [0.15, 0.2) is 0 Å². The lowest BCUT2D eigenvalue weighted by Gasteiger charge is -2.29. The zero-order valence-electron chi connectivity index (χ0n) is 28.0. The lowest BCUT2D eigenvalue weighted by atomic mass is 9.84. The maximum Gasteiger partial charge on any atom is 0.121 e. The van der Waals surface area contributed by atoms with Crippen LogP contribution in [0, 0.1) is 11.8 Å². The highest BCUT2D eigenvalue weighted by molar-refractivity contribution is 5.83. The fourth-order valence-electron chi connectivity index (χ4n) is 5.76. The van der Waals surface area contributed by atoms with Gasteiger partial charge in [-0.1, -0.05) is 71.8 Å². The summed E-state index contributed by atoms with van der Waals surface area (Å²) in [5.41, 5.74) is 0.814. The van der Waals surface area contributed by atoms with E-state index in [4.69, 9.17) is 4.74 Å². The number of ether oxygens (including phenoxy) is 1. The zero-order chi connectivity index (χ0) is 31.8. The van der Waals surface area contributed by atoms with Gasteiger partial charge in [-0.25, -0.2) is 0 Å². The summed E-state index contributed by atoms with van der Waals surface area (Å²) in [5.74, 6) is 0.394. The number of carboxylic acids is 1. The molecule has 1 aliphatic rings. The van der Waals surface area contributed by atoms with E-state index in [1.165, 1.54) is 39.0 Å². The maximum atomic E-state index is 10.9. The molecule has 0 amide bonds. The van der Waals surface area contributed by atoms with Crippen molar-refractivity contribution in [3.05, 3.63) is 34.6 Å². The van der Waals surface area contributed by atoms with Gasteiger partial charge in [-0.2, -0.15) is 0 Å².